The van der Waals surface area contributed by atoms with E-state index in [-0.39, 0.29) is 17.4 Å². The molecule has 2 rings (SSSR count). The Balaban J connectivity index is 2.40. The Morgan fingerprint density at radius 1 is 1.37 bits per heavy atom. The molecule has 0 bridgehead atoms. The fraction of sp³-hybridized carbons (Fsp3) is 0.214. The van der Waals surface area contributed by atoms with Crippen molar-refractivity contribution in [2.45, 2.75) is 13.8 Å². The van der Waals surface area contributed by atoms with E-state index in [1.165, 1.54) is 18.6 Å². The minimum atomic E-state index is -0.232. The van der Waals surface area contributed by atoms with Crippen molar-refractivity contribution in [2.24, 2.45) is 0 Å². The average molecular weight is 257 g/mol. The maximum Gasteiger partial charge on any atom is 0.278 e. The van der Waals surface area contributed by atoms with Crippen molar-refractivity contribution in [3.63, 3.8) is 0 Å². The molecule has 2 aromatic rings. The monoisotopic (exact) mass is 257 g/mol. The maximum atomic E-state index is 12.4. The number of phenols is 1. The van der Waals surface area contributed by atoms with Crippen LogP contribution in [0.5, 0.6) is 5.75 Å². The number of benzene rings is 1. The lowest BCUT2D eigenvalue weighted by Crippen LogP contribution is -2.31. The van der Waals surface area contributed by atoms with Crippen LogP contribution >= 0.6 is 0 Å². The van der Waals surface area contributed by atoms with Crippen molar-refractivity contribution in [2.75, 3.05) is 11.4 Å². The van der Waals surface area contributed by atoms with E-state index in [4.69, 9.17) is 0 Å². The molecule has 0 saturated heterocycles. The molecule has 19 heavy (non-hydrogen) atoms. The highest BCUT2D eigenvalue weighted by Crippen LogP contribution is 2.25. The summed E-state index contributed by atoms with van der Waals surface area (Å²) >= 11 is 0. The van der Waals surface area contributed by atoms with Gasteiger partial charge in [-0.2, -0.15) is 0 Å². The van der Waals surface area contributed by atoms with Crippen molar-refractivity contribution in [1.29, 1.82) is 0 Å². The van der Waals surface area contributed by atoms with Crippen LogP contribution in [0.3, 0.4) is 0 Å². The third-order valence-corrected chi connectivity index (χ3v) is 2.83. The Morgan fingerprint density at radius 3 is 2.79 bits per heavy atom. The second-order valence-corrected chi connectivity index (χ2v) is 4.11. The number of aromatic nitrogens is 2. The predicted octanol–water partition coefficient (Wildman–Crippen LogP) is 2.16. The molecule has 0 aliphatic carbocycles. The number of hydrogen-bond donors (Lipinski definition) is 1. The normalized spacial score (nSPS) is 10.2. The van der Waals surface area contributed by atoms with Crippen molar-refractivity contribution in [3.8, 4) is 5.75 Å². The number of amides is 1. The van der Waals surface area contributed by atoms with E-state index >= 15 is 0 Å². The first kappa shape index (κ1) is 13.0. The van der Waals surface area contributed by atoms with Crippen molar-refractivity contribution < 1.29 is 9.90 Å². The first-order valence-corrected chi connectivity index (χ1v) is 6.01. The molecule has 0 aliphatic heterocycles. The van der Waals surface area contributed by atoms with Crippen molar-refractivity contribution >= 4 is 11.6 Å². The van der Waals surface area contributed by atoms with E-state index in [0.29, 0.717) is 12.2 Å². The van der Waals surface area contributed by atoms with Crippen LogP contribution in [0.15, 0.2) is 36.8 Å². The van der Waals surface area contributed by atoms with Crippen LogP contribution in [0.2, 0.25) is 0 Å². The van der Waals surface area contributed by atoms with Crippen LogP contribution in [0, 0.1) is 6.92 Å². The predicted molar refractivity (Wildman–Crippen MR) is 72.2 cm³/mol. The van der Waals surface area contributed by atoms with Crippen LogP contribution < -0.4 is 4.90 Å². The van der Waals surface area contributed by atoms with Gasteiger partial charge in [-0.15, -0.1) is 0 Å². The molecule has 1 aromatic heterocycles. The number of phenolic OH excluding ortho intramolecular Hbond substituents is 1. The maximum absolute atomic E-state index is 12.4. The summed E-state index contributed by atoms with van der Waals surface area (Å²) in [5.74, 6) is -0.102. The van der Waals surface area contributed by atoms with Crippen LogP contribution in [-0.4, -0.2) is 27.5 Å². The molecule has 1 amide bonds. The lowest BCUT2D eigenvalue weighted by molar-refractivity contribution is 0.0983. The third-order valence-electron chi connectivity index (χ3n) is 2.83. The molecular formula is C14H15N3O2. The number of aromatic hydroxyl groups is 1. The van der Waals surface area contributed by atoms with Gasteiger partial charge in [-0.3, -0.25) is 9.78 Å². The van der Waals surface area contributed by atoms with Gasteiger partial charge < -0.3 is 10.0 Å². The Kier molecular flexibility index (Phi) is 3.75. The van der Waals surface area contributed by atoms with E-state index < -0.39 is 0 Å². The second-order valence-electron chi connectivity index (χ2n) is 4.11. The number of rotatable bonds is 3. The second kappa shape index (κ2) is 5.48. The molecule has 98 valence electrons. The van der Waals surface area contributed by atoms with Gasteiger partial charge in [-0.1, -0.05) is 6.07 Å². The smallest absolute Gasteiger partial charge is 0.278 e. The first-order chi connectivity index (χ1) is 9.13. The van der Waals surface area contributed by atoms with Gasteiger partial charge in [0.15, 0.2) is 0 Å². The lowest BCUT2D eigenvalue weighted by atomic mass is 10.1. The molecule has 0 aliphatic rings. The summed E-state index contributed by atoms with van der Waals surface area (Å²) < 4.78 is 0. The van der Waals surface area contributed by atoms with Crippen LogP contribution in [0.25, 0.3) is 0 Å². The van der Waals surface area contributed by atoms with E-state index in [0.717, 1.165) is 5.56 Å². The van der Waals surface area contributed by atoms with Crippen LogP contribution in [0.4, 0.5) is 5.69 Å². The zero-order valence-corrected chi connectivity index (χ0v) is 10.9. The van der Waals surface area contributed by atoms with Crippen molar-refractivity contribution in [1.82, 2.24) is 9.97 Å². The Bertz CT molecular complexity index is 584. The average Bonchev–Trinajstić information content (AvgIpc) is 2.44. The van der Waals surface area contributed by atoms with E-state index in [1.54, 1.807) is 23.1 Å². The van der Waals surface area contributed by atoms with Gasteiger partial charge in [0.1, 0.15) is 11.4 Å². The van der Waals surface area contributed by atoms with Gasteiger partial charge >= 0.3 is 0 Å². The van der Waals surface area contributed by atoms with E-state index in [9.17, 15) is 9.90 Å². The van der Waals surface area contributed by atoms with Gasteiger partial charge in [0.05, 0.1) is 11.9 Å². The molecule has 0 radical (unpaired) electrons. The number of nitrogens with zero attached hydrogens (tertiary/aromatic N) is 3. The van der Waals surface area contributed by atoms with Gasteiger partial charge in [0.2, 0.25) is 0 Å². The van der Waals surface area contributed by atoms with Gasteiger partial charge in [0, 0.05) is 25.0 Å². The third kappa shape index (κ3) is 2.70. The van der Waals surface area contributed by atoms with Crippen LogP contribution in [0.1, 0.15) is 23.0 Å². The summed E-state index contributed by atoms with van der Waals surface area (Å²) in [5.41, 5.74) is 1.88. The first-order valence-electron chi connectivity index (χ1n) is 6.01. The van der Waals surface area contributed by atoms with Gasteiger partial charge in [0.25, 0.3) is 5.91 Å². The Labute approximate surface area is 111 Å². The highest BCUT2D eigenvalue weighted by Gasteiger charge is 2.19. The summed E-state index contributed by atoms with van der Waals surface area (Å²) in [7, 11) is 0. The number of carbonyl (C=O) groups is 1. The molecule has 5 heteroatoms. The van der Waals surface area contributed by atoms with Gasteiger partial charge in [-0.25, -0.2) is 4.98 Å². The fourth-order valence-electron chi connectivity index (χ4n) is 1.86. The molecule has 0 fully saturated rings. The zero-order chi connectivity index (χ0) is 13.8. The largest absolute Gasteiger partial charge is 0.508 e. The molecular weight excluding hydrogens is 242 g/mol. The molecule has 0 saturated carbocycles. The topological polar surface area (TPSA) is 66.3 Å². The van der Waals surface area contributed by atoms with Gasteiger partial charge in [-0.05, 0) is 25.5 Å². The van der Waals surface area contributed by atoms with E-state index in [1.807, 2.05) is 13.8 Å². The molecule has 0 unspecified atom stereocenters. The summed E-state index contributed by atoms with van der Waals surface area (Å²) in [6, 6.07) is 4.95. The fourth-order valence-corrected chi connectivity index (χ4v) is 1.86. The Morgan fingerprint density at radius 2 is 2.16 bits per heavy atom. The summed E-state index contributed by atoms with van der Waals surface area (Å²) in [5, 5.41) is 9.57. The summed E-state index contributed by atoms with van der Waals surface area (Å²) in [4.78, 5) is 21.9. The summed E-state index contributed by atoms with van der Waals surface area (Å²) in [6.45, 7) is 4.25. The molecule has 0 spiro atoms. The molecule has 1 aromatic carbocycles. The highest BCUT2D eigenvalue weighted by atomic mass is 16.3. The Hall–Kier alpha value is -2.43. The quantitative estimate of drug-likeness (QED) is 0.915. The SMILES string of the molecule is CCN(C(=O)c1cnccn1)c1cc(O)ccc1C. The number of anilines is 1. The van der Waals surface area contributed by atoms with Crippen LogP contribution in [-0.2, 0) is 0 Å². The van der Waals surface area contributed by atoms with E-state index in [2.05, 4.69) is 9.97 Å². The minimum absolute atomic E-state index is 0.131. The summed E-state index contributed by atoms with van der Waals surface area (Å²) in [6.07, 6.45) is 4.44. The molecule has 5 nitrogen and oxygen atoms in total. The molecule has 1 N–H and O–H groups in total. The standard InChI is InChI=1S/C14H15N3O2/c1-3-17(13-8-11(18)5-4-10(13)2)14(19)12-9-15-6-7-16-12/h4-9,18H,3H2,1-2H3. The zero-order valence-electron chi connectivity index (χ0n) is 10.9. The number of hydrogen-bond acceptors (Lipinski definition) is 4. The number of carbonyl (C=O) groups excluding carboxylic acids is 1. The van der Waals surface area contributed by atoms with Crippen molar-refractivity contribution in [3.05, 3.63) is 48.0 Å². The highest BCUT2D eigenvalue weighted by molar-refractivity contribution is 6.05. The molecule has 0 atom stereocenters. The molecule has 1 heterocycles. The number of aryl methyl sites for hydroxylation is 1. The minimum Gasteiger partial charge on any atom is -0.508 e. The lowest BCUT2D eigenvalue weighted by Gasteiger charge is -2.22.